The van der Waals surface area contributed by atoms with E-state index in [0.717, 1.165) is 25.3 Å². The molecular formula is C14H21N3O. The van der Waals surface area contributed by atoms with Crippen LogP contribution in [0.5, 0.6) is 0 Å². The third-order valence-electron chi connectivity index (χ3n) is 3.73. The fourth-order valence-electron chi connectivity index (χ4n) is 2.90. The molecule has 0 aliphatic carbocycles. The molecule has 3 rings (SSSR count). The molecule has 4 heteroatoms. The maximum absolute atomic E-state index is 5.84. The summed E-state index contributed by atoms with van der Waals surface area (Å²) in [7, 11) is 0. The van der Waals surface area contributed by atoms with Gasteiger partial charge in [-0.25, -0.2) is 4.98 Å². The molecule has 98 valence electrons. The predicted octanol–water partition coefficient (Wildman–Crippen LogP) is 1.34. The van der Waals surface area contributed by atoms with Crippen LogP contribution < -0.4 is 10.6 Å². The van der Waals surface area contributed by atoms with E-state index in [0.29, 0.717) is 12.2 Å². The number of morpholine rings is 1. The van der Waals surface area contributed by atoms with Crippen LogP contribution >= 0.6 is 0 Å². The SMILES string of the molecule is CC(N)Cc1ccc(N2CC3CCC(C2)O3)nc1. The quantitative estimate of drug-likeness (QED) is 0.875. The predicted molar refractivity (Wildman–Crippen MR) is 71.7 cm³/mol. The summed E-state index contributed by atoms with van der Waals surface area (Å²) in [6.07, 6.45) is 6.06. The number of hydrogen-bond acceptors (Lipinski definition) is 4. The number of ether oxygens (including phenoxy) is 1. The van der Waals surface area contributed by atoms with Gasteiger partial charge in [0.25, 0.3) is 0 Å². The molecule has 3 unspecified atom stereocenters. The van der Waals surface area contributed by atoms with Crippen LogP contribution in [0.4, 0.5) is 5.82 Å². The van der Waals surface area contributed by atoms with E-state index in [1.807, 2.05) is 13.1 Å². The first-order valence-electron chi connectivity index (χ1n) is 6.81. The van der Waals surface area contributed by atoms with Crippen LogP contribution in [0, 0.1) is 0 Å². The van der Waals surface area contributed by atoms with Crippen molar-refractivity contribution < 1.29 is 4.74 Å². The zero-order valence-corrected chi connectivity index (χ0v) is 10.9. The molecule has 1 aromatic heterocycles. The fourth-order valence-corrected chi connectivity index (χ4v) is 2.90. The first kappa shape index (κ1) is 11.9. The number of hydrogen-bond donors (Lipinski definition) is 1. The van der Waals surface area contributed by atoms with Gasteiger partial charge in [0, 0.05) is 25.3 Å². The summed E-state index contributed by atoms with van der Waals surface area (Å²) < 4.78 is 5.84. The van der Waals surface area contributed by atoms with Gasteiger partial charge in [0.2, 0.25) is 0 Å². The number of anilines is 1. The van der Waals surface area contributed by atoms with E-state index in [1.165, 1.54) is 18.4 Å². The Balaban J connectivity index is 1.69. The maximum Gasteiger partial charge on any atom is 0.128 e. The summed E-state index contributed by atoms with van der Waals surface area (Å²) >= 11 is 0. The van der Waals surface area contributed by atoms with Crippen LogP contribution in [0.1, 0.15) is 25.3 Å². The molecule has 2 aliphatic rings. The largest absolute Gasteiger partial charge is 0.371 e. The summed E-state index contributed by atoms with van der Waals surface area (Å²) in [5.74, 6) is 1.07. The normalized spacial score (nSPS) is 28.4. The minimum absolute atomic E-state index is 0.192. The van der Waals surface area contributed by atoms with Crippen molar-refractivity contribution in [3.05, 3.63) is 23.9 Å². The number of aromatic nitrogens is 1. The first-order valence-corrected chi connectivity index (χ1v) is 6.81. The summed E-state index contributed by atoms with van der Waals surface area (Å²) in [5, 5.41) is 0. The van der Waals surface area contributed by atoms with Crippen molar-refractivity contribution in [1.29, 1.82) is 0 Å². The second kappa shape index (κ2) is 4.86. The summed E-state index contributed by atoms with van der Waals surface area (Å²) in [5.41, 5.74) is 7.01. The minimum atomic E-state index is 0.192. The summed E-state index contributed by atoms with van der Waals surface area (Å²) in [4.78, 5) is 6.92. The number of rotatable bonds is 3. The van der Waals surface area contributed by atoms with Gasteiger partial charge in [-0.15, -0.1) is 0 Å². The Morgan fingerprint density at radius 1 is 1.39 bits per heavy atom. The molecule has 2 bridgehead atoms. The number of pyridine rings is 1. The third-order valence-corrected chi connectivity index (χ3v) is 3.73. The average molecular weight is 247 g/mol. The zero-order valence-electron chi connectivity index (χ0n) is 10.9. The van der Waals surface area contributed by atoms with Gasteiger partial charge in [-0.1, -0.05) is 6.07 Å². The molecule has 2 fully saturated rings. The standard InChI is InChI=1S/C14H21N3O/c1-10(15)6-11-2-5-14(16-7-11)17-8-12-3-4-13(9-17)18-12/h2,5,7,10,12-13H,3-4,6,8-9,15H2,1H3. The second-order valence-electron chi connectivity index (χ2n) is 5.57. The topological polar surface area (TPSA) is 51.4 Å². The van der Waals surface area contributed by atoms with Gasteiger partial charge in [-0.3, -0.25) is 0 Å². The van der Waals surface area contributed by atoms with Crippen molar-refractivity contribution in [2.45, 2.75) is 44.4 Å². The van der Waals surface area contributed by atoms with Crippen molar-refractivity contribution in [3.63, 3.8) is 0 Å². The van der Waals surface area contributed by atoms with Crippen molar-refractivity contribution in [3.8, 4) is 0 Å². The molecule has 0 radical (unpaired) electrons. The Morgan fingerprint density at radius 3 is 2.67 bits per heavy atom. The highest BCUT2D eigenvalue weighted by Gasteiger charge is 2.34. The second-order valence-corrected chi connectivity index (χ2v) is 5.57. The monoisotopic (exact) mass is 247 g/mol. The highest BCUT2D eigenvalue weighted by Crippen LogP contribution is 2.28. The van der Waals surface area contributed by atoms with Crippen molar-refractivity contribution in [2.75, 3.05) is 18.0 Å². The van der Waals surface area contributed by atoms with Gasteiger partial charge in [0.05, 0.1) is 12.2 Å². The Labute approximate surface area is 108 Å². The van der Waals surface area contributed by atoms with Gasteiger partial charge < -0.3 is 15.4 Å². The van der Waals surface area contributed by atoms with Crippen molar-refractivity contribution in [2.24, 2.45) is 5.73 Å². The van der Waals surface area contributed by atoms with E-state index in [-0.39, 0.29) is 6.04 Å². The van der Waals surface area contributed by atoms with Crippen LogP contribution in [-0.2, 0) is 11.2 Å². The molecule has 0 spiro atoms. The molecule has 2 aliphatic heterocycles. The van der Waals surface area contributed by atoms with E-state index in [9.17, 15) is 0 Å². The molecule has 0 aromatic carbocycles. The lowest BCUT2D eigenvalue weighted by Gasteiger charge is -2.33. The van der Waals surface area contributed by atoms with Crippen LogP contribution in [0.15, 0.2) is 18.3 Å². The third kappa shape index (κ3) is 2.49. The molecule has 4 nitrogen and oxygen atoms in total. The van der Waals surface area contributed by atoms with E-state index in [2.05, 4.69) is 22.0 Å². The van der Waals surface area contributed by atoms with Crippen molar-refractivity contribution >= 4 is 5.82 Å². The van der Waals surface area contributed by atoms with Crippen molar-refractivity contribution in [1.82, 2.24) is 4.98 Å². The lowest BCUT2D eigenvalue weighted by molar-refractivity contribution is 0.0302. The van der Waals surface area contributed by atoms with E-state index in [4.69, 9.17) is 10.5 Å². The number of nitrogens with two attached hydrogens (primary N) is 1. The van der Waals surface area contributed by atoms with Gasteiger partial charge in [0.15, 0.2) is 0 Å². The van der Waals surface area contributed by atoms with Gasteiger partial charge in [-0.2, -0.15) is 0 Å². The molecule has 2 saturated heterocycles. The summed E-state index contributed by atoms with van der Waals surface area (Å²) in [6.45, 7) is 3.99. The highest BCUT2D eigenvalue weighted by atomic mass is 16.5. The number of nitrogens with zero attached hydrogens (tertiary/aromatic N) is 2. The molecule has 18 heavy (non-hydrogen) atoms. The molecule has 3 heterocycles. The van der Waals surface area contributed by atoms with E-state index in [1.54, 1.807) is 0 Å². The lowest BCUT2D eigenvalue weighted by atomic mass is 10.1. The number of fused-ring (bicyclic) bond motifs is 2. The fraction of sp³-hybridized carbons (Fsp3) is 0.643. The van der Waals surface area contributed by atoms with Gasteiger partial charge >= 0.3 is 0 Å². The molecule has 2 N–H and O–H groups in total. The molecule has 1 aromatic rings. The van der Waals surface area contributed by atoms with Gasteiger partial charge in [-0.05, 0) is 37.8 Å². The molecule has 3 atom stereocenters. The first-order chi connectivity index (χ1) is 8.70. The van der Waals surface area contributed by atoms with Gasteiger partial charge in [0.1, 0.15) is 5.82 Å². The minimum Gasteiger partial charge on any atom is -0.371 e. The molecule has 0 amide bonds. The van der Waals surface area contributed by atoms with Crippen LogP contribution in [0.2, 0.25) is 0 Å². The average Bonchev–Trinajstić information content (AvgIpc) is 2.68. The van der Waals surface area contributed by atoms with Crippen LogP contribution in [-0.4, -0.2) is 36.3 Å². The Bertz CT molecular complexity index is 392. The Morgan fingerprint density at radius 2 is 2.11 bits per heavy atom. The highest BCUT2D eigenvalue weighted by molar-refractivity contribution is 5.40. The molecular weight excluding hydrogens is 226 g/mol. The smallest absolute Gasteiger partial charge is 0.128 e. The Kier molecular flexibility index (Phi) is 3.22. The maximum atomic E-state index is 5.84. The Hall–Kier alpha value is -1.13. The molecule has 0 saturated carbocycles. The van der Waals surface area contributed by atoms with E-state index >= 15 is 0 Å². The van der Waals surface area contributed by atoms with E-state index < -0.39 is 0 Å². The summed E-state index contributed by atoms with van der Waals surface area (Å²) in [6, 6.07) is 4.45. The lowest BCUT2D eigenvalue weighted by Crippen LogP contribution is -2.43. The van der Waals surface area contributed by atoms with Crippen LogP contribution in [0.25, 0.3) is 0 Å². The van der Waals surface area contributed by atoms with Crippen LogP contribution in [0.3, 0.4) is 0 Å². The zero-order chi connectivity index (χ0) is 12.5.